The fraction of sp³-hybridized carbons (Fsp3) is 0.615. The van der Waals surface area contributed by atoms with Gasteiger partial charge in [0.1, 0.15) is 5.69 Å². The number of anilines is 1. The van der Waals surface area contributed by atoms with Crippen LogP contribution in [0.5, 0.6) is 0 Å². The summed E-state index contributed by atoms with van der Waals surface area (Å²) in [4.78, 5) is 3.95. The molecule has 1 aliphatic heterocycles. The quantitative estimate of drug-likeness (QED) is 0.855. The summed E-state index contributed by atoms with van der Waals surface area (Å²) < 4.78 is 27.7. The number of rotatable bonds is 2. The Hall–Kier alpha value is -1.19. The predicted molar refractivity (Wildman–Crippen MR) is 64.5 cm³/mol. The molecule has 1 aromatic heterocycles. The highest BCUT2D eigenvalue weighted by Gasteiger charge is 2.39. The number of fused-ring (bicyclic) bond motifs is 1. The molecule has 0 amide bonds. The van der Waals surface area contributed by atoms with E-state index in [0.717, 1.165) is 17.8 Å². The summed E-state index contributed by atoms with van der Waals surface area (Å²) in [5.74, 6) is -3.62. The van der Waals surface area contributed by atoms with Crippen molar-refractivity contribution in [3.05, 3.63) is 23.5 Å². The average Bonchev–Trinajstić information content (AvgIpc) is 2.54. The van der Waals surface area contributed by atoms with Gasteiger partial charge in [-0.2, -0.15) is 8.78 Å². The molecule has 17 heavy (non-hydrogen) atoms. The second-order valence-electron chi connectivity index (χ2n) is 5.63. The van der Waals surface area contributed by atoms with Gasteiger partial charge in [0.25, 0.3) is 5.92 Å². The van der Waals surface area contributed by atoms with E-state index in [1.165, 1.54) is 19.9 Å². The van der Waals surface area contributed by atoms with Crippen molar-refractivity contribution < 1.29 is 8.78 Å². The molecule has 0 atom stereocenters. The SMILES string of the molecule is CC(C)C(F)(F)c1cc2c(cn1)C(C)(C)CN2. The highest BCUT2D eigenvalue weighted by molar-refractivity contribution is 5.59. The first kappa shape index (κ1) is 12.3. The van der Waals surface area contributed by atoms with E-state index < -0.39 is 11.8 Å². The van der Waals surface area contributed by atoms with Gasteiger partial charge >= 0.3 is 0 Å². The third kappa shape index (κ3) is 1.90. The van der Waals surface area contributed by atoms with E-state index in [2.05, 4.69) is 24.1 Å². The third-order valence-electron chi connectivity index (χ3n) is 3.42. The first-order chi connectivity index (χ1) is 7.75. The van der Waals surface area contributed by atoms with Gasteiger partial charge in [0.15, 0.2) is 0 Å². The lowest BCUT2D eigenvalue weighted by molar-refractivity contribution is -0.0554. The minimum absolute atomic E-state index is 0.0338. The van der Waals surface area contributed by atoms with Gasteiger partial charge in [-0.3, -0.25) is 4.98 Å². The lowest BCUT2D eigenvalue weighted by Crippen LogP contribution is -2.23. The molecule has 4 heteroatoms. The predicted octanol–water partition coefficient (Wildman–Crippen LogP) is 3.53. The largest absolute Gasteiger partial charge is 0.384 e. The van der Waals surface area contributed by atoms with Gasteiger partial charge in [0.05, 0.1) is 0 Å². The molecule has 2 rings (SSSR count). The molecule has 0 saturated carbocycles. The maximum atomic E-state index is 13.8. The number of nitrogens with zero attached hydrogens (tertiary/aromatic N) is 1. The number of hydrogen-bond acceptors (Lipinski definition) is 2. The molecule has 0 unspecified atom stereocenters. The Balaban J connectivity index is 2.43. The Labute approximate surface area is 100 Å². The zero-order valence-electron chi connectivity index (χ0n) is 10.6. The van der Waals surface area contributed by atoms with E-state index in [9.17, 15) is 8.78 Å². The molecule has 94 valence electrons. The first-order valence-corrected chi connectivity index (χ1v) is 5.88. The van der Waals surface area contributed by atoms with Crippen LogP contribution in [0.2, 0.25) is 0 Å². The molecule has 0 saturated heterocycles. The summed E-state index contributed by atoms with van der Waals surface area (Å²) in [5, 5.41) is 3.17. The summed E-state index contributed by atoms with van der Waals surface area (Å²) in [7, 11) is 0. The molecule has 1 aromatic rings. The molecule has 1 N–H and O–H groups in total. The van der Waals surface area contributed by atoms with E-state index in [4.69, 9.17) is 0 Å². The van der Waals surface area contributed by atoms with Crippen molar-refractivity contribution in [1.82, 2.24) is 4.98 Å². The standard InChI is InChI=1S/C13H18F2N2/c1-8(2)13(14,15)11-5-10-9(6-16-11)12(3,4)7-17-10/h5-6,8,17H,7H2,1-4H3. The van der Waals surface area contributed by atoms with Gasteiger partial charge in [-0.05, 0) is 6.07 Å². The van der Waals surface area contributed by atoms with Crippen molar-refractivity contribution in [2.45, 2.75) is 39.0 Å². The Kier molecular flexibility index (Phi) is 2.64. The van der Waals surface area contributed by atoms with Crippen LogP contribution in [0.25, 0.3) is 0 Å². The van der Waals surface area contributed by atoms with Gasteiger partial charge in [-0.25, -0.2) is 0 Å². The van der Waals surface area contributed by atoms with E-state index in [1.54, 1.807) is 6.20 Å². The highest BCUT2D eigenvalue weighted by atomic mass is 19.3. The van der Waals surface area contributed by atoms with Crippen molar-refractivity contribution in [3.63, 3.8) is 0 Å². The first-order valence-electron chi connectivity index (χ1n) is 5.88. The molecule has 0 radical (unpaired) electrons. The molecule has 1 aliphatic rings. The molecule has 0 aliphatic carbocycles. The topological polar surface area (TPSA) is 24.9 Å². The molecule has 0 spiro atoms. The maximum Gasteiger partial charge on any atom is 0.291 e. The fourth-order valence-corrected chi connectivity index (χ4v) is 2.03. The van der Waals surface area contributed by atoms with Crippen LogP contribution in [0.1, 0.15) is 39.0 Å². The Bertz CT molecular complexity index is 439. The smallest absolute Gasteiger partial charge is 0.291 e. The highest BCUT2D eigenvalue weighted by Crippen LogP contribution is 2.40. The van der Waals surface area contributed by atoms with Gasteiger partial charge in [0, 0.05) is 35.3 Å². The lowest BCUT2D eigenvalue weighted by atomic mass is 9.88. The zero-order chi connectivity index (χ0) is 12.8. The number of pyridine rings is 1. The van der Waals surface area contributed by atoms with Crippen molar-refractivity contribution >= 4 is 5.69 Å². The minimum atomic E-state index is -2.87. The van der Waals surface area contributed by atoms with Crippen molar-refractivity contribution in [3.8, 4) is 0 Å². The number of alkyl halides is 2. The van der Waals surface area contributed by atoms with Crippen molar-refractivity contribution in [1.29, 1.82) is 0 Å². The molecule has 2 nitrogen and oxygen atoms in total. The minimum Gasteiger partial charge on any atom is -0.384 e. The van der Waals surface area contributed by atoms with E-state index in [1.807, 2.05) is 0 Å². The number of hydrogen-bond donors (Lipinski definition) is 1. The summed E-state index contributed by atoms with van der Waals surface area (Å²) in [5.41, 5.74) is 1.63. The maximum absolute atomic E-state index is 13.8. The van der Waals surface area contributed by atoms with Crippen LogP contribution in [0.4, 0.5) is 14.5 Å². The van der Waals surface area contributed by atoms with Crippen molar-refractivity contribution in [2.24, 2.45) is 5.92 Å². The monoisotopic (exact) mass is 240 g/mol. The normalized spacial score (nSPS) is 18.1. The molecule has 2 heterocycles. The lowest BCUT2D eigenvalue weighted by Gasteiger charge is -2.21. The van der Waals surface area contributed by atoms with Gasteiger partial charge < -0.3 is 5.32 Å². The number of aromatic nitrogens is 1. The van der Waals surface area contributed by atoms with Crippen LogP contribution in [-0.4, -0.2) is 11.5 Å². The van der Waals surface area contributed by atoms with Crippen LogP contribution in [0.15, 0.2) is 12.3 Å². The molecule has 0 bridgehead atoms. The summed E-state index contributed by atoms with van der Waals surface area (Å²) in [6, 6.07) is 1.49. The van der Waals surface area contributed by atoms with Crippen molar-refractivity contribution in [2.75, 3.05) is 11.9 Å². The van der Waals surface area contributed by atoms with Crippen LogP contribution in [0, 0.1) is 5.92 Å². The Morgan fingerprint density at radius 3 is 2.65 bits per heavy atom. The van der Waals surface area contributed by atoms with Gasteiger partial charge in [-0.15, -0.1) is 0 Å². The summed E-state index contributed by atoms with van der Waals surface area (Å²) in [6.45, 7) is 7.93. The molecule has 0 aromatic carbocycles. The van der Waals surface area contributed by atoms with Crippen LogP contribution >= 0.6 is 0 Å². The molecular weight excluding hydrogens is 222 g/mol. The Morgan fingerprint density at radius 2 is 2.06 bits per heavy atom. The van der Waals surface area contributed by atoms with Gasteiger partial charge in [0.2, 0.25) is 0 Å². The van der Waals surface area contributed by atoms with Crippen LogP contribution in [0.3, 0.4) is 0 Å². The van der Waals surface area contributed by atoms with Gasteiger partial charge in [-0.1, -0.05) is 27.7 Å². The van der Waals surface area contributed by atoms with E-state index in [-0.39, 0.29) is 11.1 Å². The third-order valence-corrected chi connectivity index (χ3v) is 3.42. The fourth-order valence-electron chi connectivity index (χ4n) is 2.03. The second-order valence-corrected chi connectivity index (χ2v) is 5.63. The number of halogens is 2. The molecule has 0 fully saturated rings. The Morgan fingerprint density at radius 1 is 1.41 bits per heavy atom. The van der Waals surface area contributed by atoms with E-state index in [0.29, 0.717) is 0 Å². The zero-order valence-corrected chi connectivity index (χ0v) is 10.6. The second kappa shape index (κ2) is 3.65. The van der Waals surface area contributed by atoms with Crippen LogP contribution in [-0.2, 0) is 11.3 Å². The average molecular weight is 240 g/mol. The molecular formula is C13H18F2N2. The number of nitrogens with one attached hydrogen (secondary N) is 1. The summed E-state index contributed by atoms with van der Waals surface area (Å²) in [6.07, 6.45) is 1.58. The van der Waals surface area contributed by atoms with Crippen LogP contribution < -0.4 is 5.32 Å². The summed E-state index contributed by atoms with van der Waals surface area (Å²) >= 11 is 0. The van der Waals surface area contributed by atoms with E-state index >= 15 is 0 Å².